The van der Waals surface area contributed by atoms with E-state index in [-0.39, 0.29) is 29.7 Å². The number of aryl methyl sites for hydroxylation is 1. The molecule has 30 heavy (non-hydrogen) atoms. The summed E-state index contributed by atoms with van der Waals surface area (Å²) < 4.78 is 5.41. The number of hydrazine groups is 1. The molecular weight excluding hydrogens is 380 g/mol. The fourth-order valence-corrected chi connectivity index (χ4v) is 4.36. The van der Waals surface area contributed by atoms with Gasteiger partial charge in [-0.05, 0) is 43.3 Å². The van der Waals surface area contributed by atoms with Crippen LogP contribution >= 0.6 is 0 Å². The quantitative estimate of drug-likeness (QED) is 0.795. The molecule has 2 amide bonds. The number of likely N-dealkylation sites (tertiary alicyclic amines) is 1. The standard InChI is InChI=1S/C23H28N4O3/c1-4-26-13-17(22(28)24-19-12-15(2)10-11-20(19)30-3)21-18(14-26)23(29)27(25-21)16-8-6-5-7-9-16/h5-12,17-18,21,25H,4,13-14H2,1-3H3,(H,24,28). The molecule has 0 saturated carbocycles. The lowest BCUT2D eigenvalue weighted by atomic mass is 9.84. The Morgan fingerprint density at radius 3 is 2.67 bits per heavy atom. The highest BCUT2D eigenvalue weighted by atomic mass is 16.5. The van der Waals surface area contributed by atoms with Crippen LogP contribution < -0.4 is 20.5 Å². The number of carbonyl (C=O) groups is 2. The van der Waals surface area contributed by atoms with Gasteiger partial charge in [0.25, 0.3) is 0 Å². The van der Waals surface area contributed by atoms with Gasteiger partial charge in [-0.1, -0.05) is 31.2 Å². The van der Waals surface area contributed by atoms with Crippen LogP contribution in [0.4, 0.5) is 11.4 Å². The Morgan fingerprint density at radius 2 is 1.97 bits per heavy atom. The summed E-state index contributed by atoms with van der Waals surface area (Å²) in [5.41, 5.74) is 5.80. The van der Waals surface area contributed by atoms with E-state index in [0.717, 1.165) is 17.8 Å². The minimum Gasteiger partial charge on any atom is -0.495 e. The van der Waals surface area contributed by atoms with Gasteiger partial charge in [0.2, 0.25) is 11.8 Å². The number of hydrogen-bond acceptors (Lipinski definition) is 5. The van der Waals surface area contributed by atoms with Gasteiger partial charge in [0, 0.05) is 13.1 Å². The zero-order valence-electron chi connectivity index (χ0n) is 17.6. The molecule has 2 N–H and O–H groups in total. The molecule has 2 aliphatic heterocycles. The highest BCUT2D eigenvalue weighted by Crippen LogP contribution is 2.33. The molecule has 0 aliphatic carbocycles. The van der Waals surface area contributed by atoms with Gasteiger partial charge >= 0.3 is 0 Å². The molecule has 7 heteroatoms. The lowest BCUT2D eigenvalue weighted by Crippen LogP contribution is -2.55. The normalized spacial score (nSPS) is 23.9. The van der Waals surface area contributed by atoms with E-state index in [4.69, 9.17) is 4.74 Å². The van der Waals surface area contributed by atoms with Crippen molar-refractivity contribution in [3.05, 3.63) is 54.1 Å². The molecule has 2 aromatic rings. The molecule has 7 nitrogen and oxygen atoms in total. The van der Waals surface area contributed by atoms with Crippen LogP contribution in [0.15, 0.2) is 48.5 Å². The number of nitrogens with zero attached hydrogens (tertiary/aromatic N) is 2. The number of carbonyl (C=O) groups excluding carboxylic acids is 2. The second kappa shape index (κ2) is 8.45. The van der Waals surface area contributed by atoms with Crippen LogP contribution in [0.2, 0.25) is 0 Å². The zero-order chi connectivity index (χ0) is 21.3. The van der Waals surface area contributed by atoms with Crippen LogP contribution in [-0.4, -0.2) is 49.5 Å². The number of benzene rings is 2. The number of methoxy groups -OCH3 is 1. The third-order valence-electron chi connectivity index (χ3n) is 6.00. The number of rotatable bonds is 5. The van der Waals surface area contributed by atoms with E-state index in [9.17, 15) is 9.59 Å². The van der Waals surface area contributed by atoms with Gasteiger partial charge in [-0.3, -0.25) is 9.59 Å². The van der Waals surface area contributed by atoms with Crippen molar-refractivity contribution in [3.8, 4) is 5.75 Å². The van der Waals surface area contributed by atoms with Gasteiger partial charge in [-0.15, -0.1) is 0 Å². The average molecular weight is 409 g/mol. The first-order valence-corrected chi connectivity index (χ1v) is 10.3. The predicted octanol–water partition coefficient (Wildman–Crippen LogP) is 2.43. The second-order valence-electron chi connectivity index (χ2n) is 7.92. The molecule has 0 bridgehead atoms. The Morgan fingerprint density at radius 1 is 1.20 bits per heavy atom. The number of fused-ring (bicyclic) bond motifs is 1. The lowest BCUT2D eigenvalue weighted by molar-refractivity contribution is -0.126. The summed E-state index contributed by atoms with van der Waals surface area (Å²) in [4.78, 5) is 28.7. The van der Waals surface area contributed by atoms with E-state index in [0.29, 0.717) is 24.5 Å². The van der Waals surface area contributed by atoms with Crippen LogP contribution in [0, 0.1) is 18.8 Å². The maximum Gasteiger partial charge on any atom is 0.247 e. The maximum absolute atomic E-state index is 13.3. The van der Waals surface area contributed by atoms with Crippen molar-refractivity contribution in [1.29, 1.82) is 0 Å². The largest absolute Gasteiger partial charge is 0.495 e. The van der Waals surface area contributed by atoms with E-state index in [2.05, 4.69) is 22.6 Å². The van der Waals surface area contributed by atoms with Crippen molar-refractivity contribution in [2.75, 3.05) is 37.1 Å². The molecule has 2 aliphatic rings. The Balaban J connectivity index is 1.60. The van der Waals surface area contributed by atoms with Crippen molar-refractivity contribution in [2.24, 2.45) is 11.8 Å². The van der Waals surface area contributed by atoms with E-state index in [1.54, 1.807) is 12.1 Å². The summed E-state index contributed by atoms with van der Waals surface area (Å²) in [5, 5.41) is 4.64. The summed E-state index contributed by atoms with van der Waals surface area (Å²) >= 11 is 0. The minimum absolute atomic E-state index is 0.00952. The van der Waals surface area contributed by atoms with Gasteiger partial charge in [0.15, 0.2) is 0 Å². The number of ether oxygens (including phenoxy) is 1. The maximum atomic E-state index is 13.3. The van der Waals surface area contributed by atoms with Gasteiger partial charge in [-0.25, -0.2) is 10.4 Å². The first-order valence-electron chi connectivity index (χ1n) is 10.3. The molecule has 0 radical (unpaired) electrons. The fourth-order valence-electron chi connectivity index (χ4n) is 4.36. The molecule has 3 unspecified atom stereocenters. The summed E-state index contributed by atoms with van der Waals surface area (Å²) in [7, 11) is 1.59. The van der Waals surface area contributed by atoms with Crippen LogP contribution in [-0.2, 0) is 9.59 Å². The smallest absolute Gasteiger partial charge is 0.247 e. The van der Waals surface area contributed by atoms with Crippen LogP contribution in [0.1, 0.15) is 12.5 Å². The first-order chi connectivity index (χ1) is 14.5. The Hall–Kier alpha value is -2.90. The lowest BCUT2D eigenvalue weighted by Gasteiger charge is -2.37. The molecule has 0 aromatic heterocycles. The van der Waals surface area contributed by atoms with Crippen LogP contribution in [0.5, 0.6) is 5.75 Å². The zero-order valence-corrected chi connectivity index (χ0v) is 17.6. The van der Waals surface area contributed by atoms with Gasteiger partial charge in [-0.2, -0.15) is 0 Å². The highest BCUT2D eigenvalue weighted by molar-refractivity contribution is 6.00. The van der Waals surface area contributed by atoms with Gasteiger partial charge in [0.1, 0.15) is 5.75 Å². The SMILES string of the molecule is CCN1CC(C(=O)Nc2cc(C)ccc2OC)C2NN(c3ccccc3)C(=O)C2C1. The highest BCUT2D eigenvalue weighted by Gasteiger charge is 2.50. The fraction of sp³-hybridized carbons (Fsp3) is 0.391. The van der Waals surface area contributed by atoms with Crippen LogP contribution in [0.25, 0.3) is 0 Å². The topological polar surface area (TPSA) is 73.9 Å². The van der Waals surface area contributed by atoms with Crippen molar-refractivity contribution < 1.29 is 14.3 Å². The molecule has 4 rings (SSSR count). The monoisotopic (exact) mass is 408 g/mol. The first kappa shape index (κ1) is 20.4. The Kier molecular flexibility index (Phi) is 5.74. The molecule has 2 fully saturated rings. The summed E-state index contributed by atoms with van der Waals surface area (Å²) in [6, 6.07) is 15.0. The molecular formula is C23H28N4O3. The van der Waals surface area contributed by atoms with E-state index in [1.807, 2.05) is 55.5 Å². The van der Waals surface area contributed by atoms with Crippen molar-refractivity contribution in [2.45, 2.75) is 19.9 Å². The summed E-state index contributed by atoms with van der Waals surface area (Å²) in [6.07, 6.45) is 0. The van der Waals surface area contributed by atoms with Gasteiger partial charge < -0.3 is 15.0 Å². The molecule has 2 saturated heterocycles. The third kappa shape index (κ3) is 3.78. The Bertz CT molecular complexity index is 933. The molecule has 3 atom stereocenters. The third-order valence-corrected chi connectivity index (χ3v) is 6.00. The number of para-hydroxylation sites is 1. The summed E-state index contributed by atoms with van der Waals surface area (Å²) in [6.45, 7) is 6.06. The summed E-state index contributed by atoms with van der Waals surface area (Å²) in [5.74, 6) is -0.117. The van der Waals surface area contributed by atoms with Crippen LogP contribution in [0.3, 0.4) is 0 Å². The van der Waals surface area contributed by atoms with E-state index < -0.39 is 0 Å². The number of nitrogens with one attached hydrogen (secondary N) is 2. The molecule has 0 spiro atoms. The van der Waals surface area contributed by atoms with E-state index in [1.165, 1.54) is 0 Å². The molecule has 2 aromatic carbocycles. The van der Waals surface area contributed by atoms with E-state index >= 15 is 0 Å². The van der Waals surface area contributed by atoms with Crippen molar-refractivity contribution in [3.63, 3.8) is 0 Å². The average Bonchev–Trinajstić information content (AvgIpc) is 3.10. The predicted molar refractivity (Wildman–Crippen MR) is 116 cm³/mol. The minimum atomic E-state index is -0.369. The number of amides is 2. The molecule has 158 valence electrons. The number of piperidine rings is 1. The number of anilines is 2. The van der Waals surface area contributed by atoms with Crippen molar-refractivity contribution in [1.82, 2.24) is 10.3 Å². The Labute approximate surface area is 177 Å². The molecule has 2 heterocycles. The number of hydrogen-bond donors (Lipinski definition) is 2. The second-order valence-corrected chi connectivity index (χ2v) is 7.92. The van der Waals surface area contributed by atoms with Gasteiger partial charge in [0.05, 0.1) is 36.4 Å². The van der Waals surface area contributed by atoms with Crippen molar-refractivity contribution >= 4 is 23.2 Å².